The summed E-state index contributed by atoms with van der Waals surface area (Å²) in [6, 6.07) is 8.62. The number of nitrogens with zero attached hydrogens (tertiary/aromatic N) is 4. The Morgan fingerprint density at radius 1 is 1.13 bits per heavy atom. The molecular formula is C17H12FN5. The Morgan fingerprint density at radius 2 is 1.87 bits per heavy atom. The predicted molar refractivity (Wildman–Crippen MR) is 85.2 cm³/mol. The maximum atomic E-state index is 14.5. The molecule has 0 saturated carbocycles. The lowest BCUT2D eigenvalue weighted by atomic mass is 10.0. The van der Waals surface area contributed by atoms with Crippen LogP contribution in [-0.4, -0.2) is 24.1 Å². The molecule has 2 heterocycles. The molecule has 0 atom stereocenters. The van der Waals surface area contributed by atoms with Crippen molar-refractivity contribution in [2.75, 3.05) is 19.0 Å². The number of rotatable bonds is 2. The zero-order chi connectivity index (χ0) is 16.6. The molecule has 0 radical (unpaired) electrons. The van der Waals surface area contributed by atoms with Crippen molar-refractivity contribution < 1.29 is 4.39 Å². The molecule has 0 spiro atoms. The molecule has 0 fully saturated rings. The fourth-order valence-corrected chi connectivity index (χ4v) is 2.66. The highest BCUT2D eigenvalue weighted by atomic mass is 19.1. The Hall–Kier alpha value is -3.38. The Balaban J connectivity index is 2.41. The molecule has 0 aliphatic carbocycles. The van der Waals surface area contributed by atoms with Crippen LogP contribution in [0.2, 0.25) is 0 Å². The van der Waals surface area contributed by atoms with Gasteiger partial charge in [0.05, 0.1) is 22.2 Å². The molecule has 1 aromatic carbocycles. The average molecular weight is 305 g/mol. The van der Waals surface area contributed by atoms with Crippen LogP contribution in [-0.2, 0) is 0 Å². The highest BCUT2D eigenvalue weighted by Gasteiger charge is 2.19. The number of hydrogen-bond donors (Lipinski definition) is 1. The van der Waals surface area contributed by atoms with E-state index in [1.54, 1.807) is 23.2 Å². The van der Waals surface area contributed by atoms with Gasteiger partial charge in [-0.2, -0.15) is 10.5 Å². The van der Waals surface area contributed by atoms with Gasteiger partial charge in [-0.1, -0.05) is 12.1 Å². The van der Waals surface area contributed by atoms with Gasteiger partial charge in [-0.05, 0) is 6.07 Å². The van der Waals surface area contributed by atoms with Gasteiger partial charge in [0.2, 0.25) is 0 Å². The van der Waals surface area contributed by atoms with E-state index in [1.165, 1.54) is 12.3 Å². The first-order valence-electron chi connectivity index (χ1n) is 6.85. The van der Waals surface area contributed by atoms with Crippen LogP contribution in [0.4, 0.5) is 10.1 Å². The average Bonchev–Trinajstić information content (AvgIpc) is 2.97. The molecule has 0 amide bonds. The first-order chi connectivity index (χ1) is 11.1. The third-order valence-electron chi connectivity index (χ3n) is 3.65. The van der Waals surface area contributed by atoms with Crippen LogP contribution in [0.15, 0.2) is 30.6 Å². The normalized spacial score (nSPS) is 10.3. The Kier molecular flexibility index (Phi) is 3.44. The van der Waals surface area contributed by atoms with Gasteiger partial charge in [-0.3, -0.25) is 0 Å². The van der Waals surface area contributed by atoms with Crippen LogP contribution in [0.1, 0.15) is 11.1 Å². The number of pyridine rings is 1. The van der Waals surface area contributed by atoms with Gasteiger partial charge in [0.1, 0.15) is 23.6 Å². The maximum absolute atomic E-state index is 14.5. The zero-order valence-corrected chi connectivity index (χ0v) is 12.6. The number of halogens is 1. The summed E-state index contributed by atoms with van der Waals surface area (Å²) in [7, 11) is 3.63. The minimum atomic E-state index is -0.581. The molecule has 0 aliphatic rings. The summed E-state index contributed by atoms with van der Waals surface area (Å²) in [4.78, 5) is 9.02. The van der Waals surface area contributed by atoms with Crippen LogP contribution >= 0.6 is 0 Å². The van der Waals surface area contributed by atoms with Crippen molar-refractivity contribution in [3.05, 3.63) is 47.5 Å². The van der Waals surface area contributed by atoms with E-state index in [0.717, 1.165) is 0 Å². The Labute approximate surface area is 132 Å². The second-order valence-electron chi connectivity index (χ2n) is 5.23. The van der Waals surface area contributed by atoms with Crippen LogP contribution in [0.3, 0.4) is 0 Å². The van der Waals surface area contributed by atoms with Gasteiger partial charge < -0.3 is 9.88 Å². The number of aromatic amines is 1. The van der Waals surface area contributed by atoms with Gasteiger partial charge in [-0.25, -0.2) is 9.37 Å². The van der Waals surface area contributed by atoms with E-state index in [0.29, 0.717) is 33.4 Å². The van der Waals surface area contributed by atoms with Crippen molar-refractivity contribution in [2.45, 2.75) is 0 Å². The third kappa shape index (κ3) is 2.18. The quantitative estimate of drug-likeness (QED) is 0.788. The van der Waals surface area contributed by atoms with Crippen molar-refractivity contribution in [3.63, 3.8) is 0 Å². The van der Waals surface area contributed by atoms with Gasteiger partial charge in [-0.15, -0.1) is 0 Å². The second kappa shape index (κ2) is 5.43. The fraction of sp³-hybridized carbons (Fsp3) is 0.118. The SMILES string of the molecule is CN(C)c1c(C#N)cnc2[nH]cc(-c3cccc(C#N)c3F)c12. The molecule has 0 bridgehead atoms. The minimum absolute atomic E-state index is 0.0207. The number of anilines is 1. The lowest BCUT2D eigenvalue weighted by Gasteiger charge is -2.16. The van der Waals surface area contributed by atoms with E-state index >= 15 is 0 Å². The van der Waals surface area contributed by atoms with Crippen molar-refractivity contribution in [2.24, 2.45) is 0 Å². The summed E-state index contributed by atoms with van der Waals surface area (Å²) >= 11 is 0. The van der Waals surface area contributed by atoms with Crippen LogP contribution in [0, 0.1) is 28.5 Å². The monoisotopic (exact) mass is 305 g/mol. The molecular weight excluding hydrogens is 293 g/mol. The highest BCUT2D eigenvalue weighted by molar-refractivity contribution is 6.04. The first-order valence-corrected chi connectivity index (χ1v) is 6.85. The number of hydrogen-bond acceptors (Lipinski definition) is 4. The van der Waals surface area contributed by atoms with Crippen LogP contribution in [0.5, 0.6) is 0 Å². The fourth-order valence-electron chi connectivity index (χ4n) is 2.66. The smallest absolute Gasteiger partial charge is 0.148 e. The van der Waals surface area contributed by atoms with E-state index in [2.05, 4.69) is 16.0 Å². The molecule has 3 aromatic rings. The topological polar surface area (TPSA) is 79.5 Å². The van der Waals surface area contributed by atoms with Crippen LogP contribution in [0.25, 0.3) is 22.2 Å². The lowest BCUT2D eigenvalue weighted by molar-refractivity contribution is 0.627. The van der Waals surface area contributed by atoms with Gasteiger partial charge >= 0.3 is 0 Å². The molecule has 0 aliphatic heterocycles. The number of H-pyrrole nitrogens is 1. The van der Waals surface area contributed by atoms with Crippen molar-refractivity contribution in [1.29, 1.82) is 10.5 Å². The summed E-state index contributed by atoms with van der Waals surface area (Å²) in [5.74, 6) is -0.581. The van der Waals surface area contributed by atoms with Crippen molar-refractivity contribution >= 4 is 16.7 Å². The van der Waals surface area contributed by atoms with E-state index in [9.17, 15) is 9.65 Å². The zero-order valence-electron chi connectivity index (χ0n) is 12.6. The van der Waals surface area contributed by atoms with Gasteiger partial charge in [0, 0.05) is 37.6 Å². The maximum Gasteiger partial charge on any atom is 0.148 e. The Morgan fingerprint density at radius 3 is 2.52 bits per heavy atom. The molecule has 1 N–H and O–H groups in total. The third-order valence-corrected chi connectivity index (χ3v) is 3.65. The van der Waals surface area contributed by atoms with Crippen molar-refractivity contribution in [1.82, 2.24) is 9.97 Å². The summed E-state index contributed by atoms with van der Waals surface area (Å²) in [5, 5.41) is 19.0. The number of nitriles is 2. The van der Waals surface area contributed by atoms with Crippen LogP contribution < -0.4 is 4.90 Å². The molecule has 23 heavy (non-hydrogen) atoms. The van der Waals surface area contributed by atoms with Gasteiger partial charge in [0.25, 0.3) is 0 Å². The summed E-state index contributed by atoms with van der Waals surface area (Å²) in [6.07, 6.45) is 3.13. The second-order valence-corrected chi connectivity index (χ2v) is 5.23. The molecule has 5 nitrogen and oxygen atoms in total. The lowest BCUT2D eigenvalue weighted by Crippen LogP contribution is -2.11. The number of benzene rings is 1. The Bertz CT molecular complexity index is 989. The van der Waals surface area contributed by atoms with E-state index in [1.807, 2.05) is 20.2 Å². The highest BCUT2D eigenvalue weighted by Crippen LogP contribution is 2.37. The molecule has 112 valence electrons. The summed E-state index contributed by atoms with van der Waals surface area (Å²) in [6.45, 7) is 0. The molecule has 2 aromatic heterocycles. The molecule has 3 rings (SSSR count). The largest absolute Gasteiger partial charge is 0.376 e. The van der Waals surface area contributed by atoms with Crippen molar-refractivity contribution in [3.8, 4) is 23.3 Å². The molecule has 0 unspecified atom stereocenters. The minimum Gasteiger partial charge on any atom is -0.376 e. The van der Waals surface area contributed by atoms with E-state index in [-0.39, 0.29) is 5.56 Å². The number of nitrogens with one attached hydrogen (secondary N) is 1. The van der Waals surface area contributed by atoms with Gasteiger partial charge in [0.15, 0.2) is 0 Å². The van der Waals surface area contributed by atoms with E-state index < -0.39 is 5.82 Å². The van der Waals surface area contributed by atoms with E-state index in [4.69, 9.17) is 5.26 Å². The molecule has 6 heteroatoms. The number of aromatic nitrogens is 2. The summed E-state index contributed by atoms with van der Waals surface area (Å²) < 4.78 is 14.5. The number of fused-ring (bicyclic) bond motifs is 1. The molecule has 0 saturated heterocycles. The predicted octanol–water partition coefficient (Wildman–Crippen LogP) is 3.18. The first kappa shape index (κ1) is 14.6. The summed E-state index contributed by atoms with van der Waals surface area (Å²) in [5.41, 5.74) is 2.48. The standard InChI is InChI=1S/C17H12FN5/c1-23(2)16-11(7-20)8-21-17-14(16)13(9-22-17)12-5-3-4-10(6-19)15(12)18/h3-5,8-9H,1-2H3,(H,21,22).